The molecular formula is C51H82N16O12. The van der Waals surface area contributed by atoms with Crippen LogP contribution in [0.25, 0.3) is 0 Å². The number of nitrogens with one attached hydrogen (secondary N) is 8. The fraction of sp³-hybridized carbons (Fsp3) is 0.647. The minimum atomic E-state index is -1.58. The van der Waals surface area contributed by atoms with E-state index in [2.05, 4.69) is 52.5 Å². The molecule has 3 fully saturated rings. The molecule has 4 rings (SSSR count). The summed E-state index contributed by atoms with van der Waals surface area (Å²) in [5, 5.41) is 41.0. The summed E-state index contributed by atoms with van der Waals surface area (Å²) in [5.74, 6) is -8.49. The van der Waals surface area contributed by atoms with Gasteiger partial charge in [0, 0.05) is 32.6 Å². The first-order chi connectivity index (χ1) is 37.4. The van der Waals surface area contributed by atoms with Gasteiger partial charge in [-0.05, 0) is 103 Å². The number of nitrogens with zero attached hydrogens (tertiary/aromatic N) is 4. The molecule has 11 atom stereocenters. The highest BCUT2D eigenvalue weighted by Gasteiger charge is 2.43. The number of aliphatic hydroxyl groups is 1. The predicted molar refractivity (Wildman–Crippen MR) is 289 cm³/mol. The van der Waals surface area contributed by atoms with Crippen LogP contribution in [0.1, 0.15) is 104 Å². The fourth-order valence-electron chi connectivity index (χ4n) is 9.51. The molecule has 0 saturated carbocycles. The van der Waals surface area contributed by atoms with E-state index in [1.165, 1.54) is 30.6 Å². The van der Waals surface area contributed by atoms with E-state index >= 15 is 0 Å². The van der Waals surface area contributed by atoms with Gasteiger partial charge in [-0.15, -0.1) is 0 Å². The summed E-state index contributed by atoms with van der Waals surface area (Å²) in [6.07, 6.45) is 1.52. The summed E-state index contributed by atoms with van der Waals surface area (Å²) in [4.78, 5) is 147. The summed E-state index contributed by atoms with van der Waals surface area (Å²) < 4.78 is 0. The number of aliphatic hydroxyl groups excluding tert-OH is 1. The molecule has 79 heavy (non-hydrogen) atoms. The van der Waals surface area contributed by atoms with E-state index in [1.54, 1.807) is 44.2 Å². The lowest BCUT2D eigenvalue weighted by atomic mass is 10.0. The van der Waals surface area contributed by atoms with Gasteiger partial charge in [0.05, 0.1) is 12.1 Å². The van der Waals surface area contributed by atoms with Gasteiger partial charge in [-0.2, -0.15) is 0 Å². The number of aliphatic imine (C=N–C) groups is 2. The van der Waals surface area contributed by atoms with Crippen molar-refractivity contribution in [3.05, 3.63) is 35.9 Å². The second-order valence-corrected chi connectivity index (χ2v) is 20.6. The quantitative estimate of drug-likeness (QED) is 0.0205. The molecule has 438 valence electrons. The highest BCUT2D eigenvalue weighted by Crippen LogP contribution is 2.24. The molecular weight excluding hydrogens is 1030 g/mol. The summed E-state index contributed by atoms with van der Waals surface area (Å²) in [5.41, 5.74) is 22.8. The van der Waals surface area contributed by atoms with Crippen molar-refractivity contribution in [1.29, 1.82) is 0 Å². The molecule has 0 unspecified atom stereocenters. The molecule has 3 heterocycles. The first-order valence-electron chi connectivity index (χ1n) is 26.9. The van der Waals surface area contributed by atoms with E-state index in [-0.39, 0.29) is 89.0 Å². The molecule has 3 saturated heterocycles. The van der Waals surface area contributed by atoms with Crippen LogP contribution in [0.2, 0.25) is 0 Å². The Bertz CT molecular complexity index is 2360. The minimum Gasteiger partial charge on any atom is -0.480 e. The maximum absolute atomic E-state index is 14.8. The summed E-state index contributed by atoms with van der Waals surface area (Å²) in [6.45, 7) is 8.25. The van der Waals surface area contributed by atoms with Crippen LogP contribution in [0.15, 0.2) is 40.3 Å². The van der Waals surface area contributed by atoms with Gasteiger partial charge in [0.25, 0.3) is 0 Å². The van der Waals surface area contributed by atoms with E-state index in [1.807, 2.05) is 0 Å². The van der Waals surface area contributed by atoms with E-state index in [0.717, 1.165) is 6.42 Å². The van der Waals surface area contributed by atoms with Crippen LogP contribution in [0.4, 0.5) is 0 Å². The van der Waals surface area contributed by atoms with Crippen molar-refractivity contribution in [2.75, 3.05) is 32.7 Å². The van der Waals surface area contributed by atoms with Crippen LogP contribution >= 0.6 is 0 Å². The maximum atomic E-state index is 14.8. The van der Waals surface area contributed by atoms with Gasteiger partial charge in [-0.3, -0.25) is 57.9 Å². The number of aliphatic carboxylic acids is 1. The van der Waals surface area contributed by atoms with Crippen molar-refractivity contribution in [3.8, 4) is 0 Å². The zero-order valence-electron chi connectivity index (χ0n) is 45.7. The van der Waals surface area contributed by atoms with E-state index < -0.39 is 126 Å². The standard InChI is InChI=1S/C51H82N16O12/c1-27(2)38(45(74)65-39(30(5)68)46(75)60-29(4)49(78)79)64-44(73)37-20-13-25-67(37)48(77)35(26-31-14-7-6-8-15-31)63-43(72)36-19-12-24-66(36)47(76)34(18-11-23-58-51(54)55)62-42(71)33(17-10-22-57-50(52)53)61-40(69)28(3)59-41(70)32-16-9-21-56-32/h6-8,14-15,27-30,32-39,56,68H,9-13,16-26H2,1-5H3,(H,59,70)(H,60,75)(H,61,69)(H,62,71)(H,63,72)(H,64,73)(H,65,74)(H,78,79)(H4,52,53,57)(H4,54,55,58)/t28-,29-,30+,32-,33-,34-,35-,36-,37-,38-,39-/m0/s1. The van der Waals surface area contributed by atoms with Gasteiger partial charge in [0.1, 0.15) is 54.4 Å². The van der Waals surface area contributed by atoms with Gasteiger partial charge in [0.15, 0.2) is 11.9 Å². The molecule has 0 aromatic heterocycles. The van der Waals surface area contributed by atoms with E-state index in [9.17, 15) is 58.2 Å². The van der Waals surface area contributed by atoms with Gasteiger partial charge in [-0.1, -0.05) is 44.2 Å². The third-order valence-corrected chi connectivity index (χ3v) is 13.9. The SMILES string of the molecule is CC(C)[C@H](NC(=O)[C@@H]1CCCN1C(=O)[C@H](Cc1ccccc1)NC(=O)[C@@H]1CCCN1C(=O)[C@H](CCCN=C(N)N)NC(=O)[C@H](CCCN=C(N)N)NC(=O)[C@H](C)NC(=O)[C@@H]1CCCN1)C(=O)N[C@H](C(=O)N[C@@H](C)C(=O)O)[C@@H](C)O. The number of guanidine groups is 2. The molecule has 28 nitrogen and oxygen atoms in total. The van der Waals surface area contributed by atoms with Crippen molar-refractivity contribution in [1.82, 2.24) is 52.3 Å². The van der Waals surface area contributed by atoms with Crippen LogP contribution in [-0.2, 0) is 54.4 Å². The lowest BCUT2D eigenvalue weighted by molar-refractivity contribution is -0.145. The van der Waals surface area contributed by atoms with E-state index in [4.69, 9.17) is 22.9 Å². The number of amides is 9. The lowest BCUT2D eigenvalue weighted by Crippen LogP contribution is -2.61. The van der Waals surface area contributed by atoms with Gasteiger partial charge >= 0.3 is 5.97 Å². The normalized spacial score (nSPS) is 19.9. The first-order valence-corrected chi connectivity index (χ1v) is 26.9. The summed E-state index contributed by atoms with van der Waals surface area (Å²) in [7, 11) is 0. The Balaban J connectivity index is 1.56. The Morgan fingerprint density at radius 2 is 1.13 bits per heavy atom. The minimum absolute atomic E-state index is 0.00287. The smallest absolute Gasteiger partial charge is 0.325 e. The highest BCUT2D eigenvalue weighted by atomic mass is 16.4. The first kappa shape index (κ1) is 63.9. The fourth-order valence-corrected chi connectivity index (χ4v) is 9.51. The second-order valence-electron chi connectivity index (χ2n) is 20.6. The number of carboxylic acids is 1. The Labute approximate surface area is 459 Å². The number of carbonyl (C=O) groups is 10. The number of carboxylic acid groups (broad SMARTS) is 1. The molecule has 9 amide bonds. The molecule has 3 aliphatic rings. The van der Waals surface area contributed by atoms with E-state index in [0.29, 0.717) is 31.4 Å². The molecule has 0 aliphatic carbocycles. The second kappa shape index (κ2) is 31.1. The summed E-state index contributed by atoms with van der Waals surface area (Å²) in [6, 6.07) is -2.86. The van der Waals surface area contributed by atoms with Crippen molar-refractivity contribution in [2.24, 2.45) is 38.8 Å². The largest absolute Gasteiger partial charge is 0.480 e. The topological polar surface area (TPSA) is 443 Å². The van der Waals surface area contributed by atoms with Gasteiger partial charge < -0.3 is 85.5 Å². The number of hydrogen-bond acceptors (Lipinski definition) is 14. The monoisotopic (exact) mass is 1110 g/mol. The van der Waals surface area contributed by atoms with Crippen molar-refractivity contribution in [3.63, 3.8) is 0 Å². The van der Waals surface area contributed by atoms with Crippen LogP contribution in [-0.4, -0.2) is 190 Å². The van der Waals surface area contributed by atoms with Crippen LogP contribution in [0, 0.1) is 5.92 Å². The molecule has 28 heteroatoms. The Hall–Kier alpha value is -7.62. The zero-order valence-corrected chi connectivity index (χ0v) is 45.7. The Kier molecular flexibility index (Phi) is 25.2. The van der Waals surface area contributed by atoms with Crippen LogP contribution in [0.5, 0.6) is 0 Å². The third kappa shape index (κ3) is 19.7. The zero-order chi connectivity index (χ0) is 58.5. The summed E-state index contributed by atoms with van der Waals surface area (Å²) >= 11 is 0. The van der Waals surface area contributed by atoms with Crippen molar-refractivity contribution >= 4 is 71.1 Å². The van der Waals surface area contributed by atoms with Gasteiger partial charge in [-0.25, -0.2) is 0 Å². The van der Waals surface area contributed by atoms with Gasteiger partial charge in [0.2, 0.25) is 53.2 Å². The highest BCUT2D eigenvalue weighted by molar-refractivity contribution is 5.99. The molecule has 1 aromatic carbocycles. The average molecular weight is 1110 g/mol. The molecule has 3 aliphatic heterocycles. The van der Waals surface area contributed by atoms with Crippen LogP contribution < -0.4 is 65.5 Å². The molecule has 18 N–H and O–H groups in total. The average Bonchev–Trinajstić information content (AvgIpc) is 4.25. The van der Waals surface area contributed by atoms with Crippen molar-refractivity contribution in [2.45, 2.75) is 172 Å². The number of rotatable bonds is 29. The number of nitrogens with two attached hydrogens (primary N) is 4. The number of carbonyl (C=O) groups excluding carboxylic acids is 9. The van der Waals surface area contributed by atoms with Crippen LogP contribution in [0.3, 0.4) is 0 Å². The molecule has 0 spiro atoms. The molecule has 0 bridgehead atoms. The molecule has 0 radical (unpaired) electrons. The number of benzene rings is 1. The molecule has 1 aromatic rings. The Morgan fingerprint density at radius 3 is 1.65 bits per heavy atom. The predicted octanol–water partition coefficient (Wildman–Crippen LogP) is -4.37. The lowest BCUT2D eigenvalue weighted by Gasteiger charge is -2.33. The van der Waals surface area contributed by atoms with Crippen molar-refractivity contribution < 1.29 is 58.2 Å². The number of hydrogen-bond donors (Lipinski definition) is 14. The maximum Gasteiger partial charge on any atom is 0.325 e. The third-order valence-electron chi connectivity index (χ3n) is 13.9. The number of likely N-dealkylation sites (tertiary alicyclic amines) is 2. The Morgan fingerprint density at radius 1 is 0.595 bits per heavy atom.